The third-order valence-corrected chi connectivity index (χ3v) is 1.37. The van der Waals surface area contributed by atoms with Crippen molar-refractivity contribution >= 4 is 0 Å². The second-order valence-electron chi connectivity index (χ2n) is 3.00. The second kappa shape index (κ2) is 5.69. The van der Waals surface area contributed by atoms with Crippen molar-refractivity contribution in [1.82, 2.24) is 0 Å². The Balaban J connectivity index is 3.03. The summed E-state index contributed by atoms with van der Waals surface area (Å²) in [7, 11) is 0. The molecule has 2 heteroatoms. The standard InChI is InChI=1S/C8H18O2/c1-7(2)10-5-4-8(3)6-9/h7-9H,4-6H2,1-3H3. The quantitative estimate of drug-likeness (QED) is 0.635. The van der Waals surface area contributed by atoms with Crippen LogP contribution >= 0.6 is 0 Å². The lowest BCUT2D eigenvalue weighted by atomic mass is 10.1. The van der Waals surface area contributed by atoms with Crippen molar-refractivity contribution < 1.29 is 9.84 Å². The fraction of sp³-hybridized carbons (Fsp3) is 1.00. The molecule has 0 fully saturated rings. The van der Waals surface area contributed by atoms with E-state index in [1.807, 2.05) is 20.8 Å². The Morgan fingerprint density at radius 2 is 1.90 bits per heavy atom. The average molecular weight is 146 g/mol. The van der Waals surface area contributed by atoms with E-state index < -0.39 is 0 Å². The van der Waals surface area contributed by atoms with Gasteiger partial charge >= 0.3 is 0 Å². The largest absolute Gasteiger partial charge is 0.396 e. The minimum atomic E-state index is 0.265. The lowest BCUT2D eigenvalue weighted by Crippen LogP contribution is -2.09. The molecule has 0 saturated heterocycles. The van der Waals surface area contributed by atoms with Crippen molar-refractivity contribution in [2.75, 3.05) is 13.2 Å². The number of aliphatic hydroxyl groups excluding tert-OH is 1. The molecule has 0 spiro atoms. The molecule has 0 radical (unpaired) electrons. The van der Waals surface area contributed by atoms with Crippen LogP contribution < -0.4 is 0 Å². The maximum Gasteiger partial charge on any atom is 0.0518 e. The highest BCUT2D eigenvalue weighted by Crippen LogP contribution is 2.00. The van der Waals surface area contributed by atoms with E-state index in [4.69, 9.17) is 9.84 Å². The van der Waals surface area contributed by atoms with E-state index in [0.717, 1.165) is 13.0 Å². The van der Waals surface area contributed by atoms with Crippen LogP contribution in [0.15, 0.2) is 0 Å². The molecule has 0 aliphatic heterocycles. The van der Waals surface area contributed by atoms with Crippen molar-refractivity contribution in [3.8, 4) is 0 Å². The van der Waals surface area contributed by atoms with Crippen molar-refractivity contribution in [3.63, 3.8) is 0 Å². The van der Waals surface area contributed by atoms with Gasteiger partial charge in [-0.25, -0.2) is 0 Å². The Labute approximate surface area is 63.2 Å². The maximum atomic E-state index is 8.64. The predicted molar refractivity (Wildman–Crippen MR) is 42.0 cm³/mol. The van der Waals surface area contributed by atoms with E-state index in [1.54, 1.807) is 0 Å². The summed E-state index contributed by atoms with van der Waals surface area (Å²) in [6.45, 7) is 7.08. The zero-order valence-corrected chi connectivity index (χ0v) is 7.13. The molecule has 0 saturated carbocycles. The summed E-state index contributed by atoms with van der Waals surface area (Å²) in [5.74, 6) is 0.374. The summed E-state index contributed by atoms with van der Waals surface area (Å²) in [5, 5.41) is 8.64. The minimum absolute atomic E-state index is 0.265. The third-order valence-electron chi connectivity index (χ3n) is 1.37. The van der Waals surface area contributed by atoms with Gasteiger partial charge in [0, 0.05) is 13.2 Å². The lowest BCUT2D eigenvalue weighted by molar-refractivity contribution is 0.0635. The van der Waals surface area contributed by atoms with E-state index in [2.05, 4.69) is 0 Å². The third kappa shape index (κ3) is 6.05. The van der Waals surface area contributed by atoms with E-state index in [0.29, 0.717) is 12.0 Å². The molecule has 1 unspecified atom stereocenters. The molecular weight excluding hydrogens is 128 g/mol. The molecule has 0 bridgehead atoms. The molecule has 10 heavy (non-hydrogen) atoms. The first-order valence-electron chi connectivity index (χ1n) is 3.89. The van der Waals surface area contributed by atoms with Crippen LogP contribution in [-0.2, 0) is 4.74 Å². The lowest BCUT2D eigenvalue weighted by Gasteiger charge is -2.10. The number of rotatable bonds is 5. The molecule has 0 aromatic carbocycles. The minimum Gasteiger partial charge on any atom is -0.396 e. The summed E-state index contributed by atoms with van der Waals surface area (Å²) in [4.78, 5) is 0. The molecule has 0 heterocycles. The molecule has 2 nitrogen and oxygen atoms in total. The first-order chi connectivity index (χ1) is 4.66. The van der Waals surface area contributed by atoms with Crippen molar-refractivity contribution in [2.45, 2.75) is 33.3 Å². The zero-order chi connectivity index (χ0) is 7.98. The first-order valence-corrected chi connectivity index (χ1v) is 3.89. The number of aliphatic hydroxyl groups is 1. The predicted octanol–water partition coefficient (Wildman–Crippen LogP) is 1.43. The smallest absolute Gasteiger partial charge is 0.0518 e. The molecule has 62 valence electrons. The Bertz CT molecular complexity index is 71.7. The van der Waals surface area contributed by atoms with E-state index in [9.17, 15) is 0 Å². The van der Waals surface area contributed by atoms with E-state index in [-0.39, 0.29) is 6.61 Å². The summed E-state index contributed by atoms with van der Waals surface area (Å²) in [6.07, 6.45) is 1.26. The Morgan fingerprint density at radius 1 is 1.30 bits per heavy atom. The van der Waals surface area contributed by atoms with Gasteiger partial charge in [0.15, 0.2) is 0 Å². The van der Waals surface area contributed by atoms with Gasteiger partial charge in [0.1, 0.15) is 0 Å². The fourth-order valence-electron chi connectivity index (χ4n) is 0.596. The number of ether oxygens (including phenoxy) is 1. The van der Waals surface area contributed by atoms with Crippen molar-refractivity contribution in [2.24, 2.45) is 5.92 Å². The Morgan fingerprint density at radius 3 is 2.30 bits per heavy atom. The SMILES string of the molecule is CC(CO)CCOC(C)C. The summed E-state index contributed by atoms with van der Waals surface area (Å²) < 4.78 is 5.30. The van der Waals surface area contributed by atoms with Crippen molar-refractivity contribution in [3.05, 3.63) is 0 Å². The van der Waals surface area contributed by atoms with Gasteiger partial charge in [-0.05, 0) is 26.2 Å². The van der Waals surface area contributed by atoms with E-state index in [1.165, 1.54) is 0 Å². The molecule has 0 aliphatic rings. The van der Waals surface area contributed by atoms with Crippen LogP contribution in [0, 0.1) is 5.92 Å². The van der Waals surface area contributed by atoms with Gasteiger partial charge in [0.05, 0.1) is 6.10 Å². The van der Waals surface area contributed by atoms with Crippen LogP contribution in [0.4, 0.5) is 0 Å². The van der Waals surface area contributed by atoms with E-state index >= 15 is 0 Å². The van der Waals surface area contributed by atoms with Gasteiger partial charge in [-0.1, -0.05) is 6.92 Å². The fourth-order valence-corrected chi connectivity index (χ4v) is 0.596. The van der Waals surface area contributed by atoms with Crippen LogP contribution in [0.1, 0.15) is 27.2 Å². The molecule has 0 aromatic rings. The number of hydrogen-bond donors (Lipinski definition) is 1. The van der Waals surface area contributed by atoms with Crippen molar-refractivity contribution in [1.29, 1.82) is 0 Å². The summed E-state index contributed by atoms with van der Waals surface area (Å²) >= 11 is 0. The number of hydrogen-bond acceptors (Lipinski definition) is 2. The van der Waals surface area contributed by atoms with Gasteiger partial charge < -0.3 is 9.84 Å². The van der Waals surface area contributed by atoms with Gasteiger partial charge in [-0.3, -0.25) is 0 Å². The molecular formula is C8H18O2. The zero-order valence-electron chi connectivity index (χ0n) is 7.13. The highest BCUT2D eigenvalue weighted by molar-refractivity contribution is 4.49. The van der Waals surface area contributed by atoms with Gasteiger partial charge in [-0.15, -0.1) is 0 Å². The summed E-state index contributed by atoms with van der Waals surface area (Å²) in [5.41, 5.74) is 0. The molecule has 0 rings (SSSR count). The molecule has 0 aliphatic carbocycles. The van der Waals surface area contributed by atoms with Gasteiger partial charge in [-0.2, -0.15) is 0 Å². The Hall–Kier alpha value is -0.0800. The highest BCUT2D eigenvalue weighted by atomic mass is 16.5. The molecule has 1 atom stereocenters. The molecule has 1 N–H and O–H groups in total. The van der Waals surface area contributed by atoms with Crippen LogP contribution in [-0.4, -0.2) is 24.4 Å². The monoisotopic (exact) mass is 146 g/mol. The van der Waals surface area contributed by atoms with Gasteiger partial charge in [0.25, 0.3) is 0 Å². The van der Waals surface area contributed by atoms with Crippen LogP contribution in [0.25, 0.3) is 0 Å². The maximum absolute atomic E-state index is 8.64. The molecule has 0 amide bonds. The van der Waals surface area contributed by atoms with Crippen LogP contribution in [0.2, 0.25) is 0 Å². The highest BCUT2D eigenvalue weighted by Gasteiger charge is 1.99. The topological polar surface area (TPSA) is 29.5 Å². The summed E-state index contributed by atoms with van der Waals surface area (Å²) in [6, 6.07) is 0. The second-order valence-corrected chi connectivity index (χ2v) is 3.00. The first kappa shape index (κ1) is 9.92. The van der Waals surface area contributed by atoms with Crippen LogP contribution in [0.3, 0.4) is 0 Å². The molecule has 0 aromatic heterocycles. The van der Waals surface area contributed by atoms with Gasteiger partial charge in [0.2, 0.25) is 0 Å². The average Bonchev–Trinajstić information content (AvgIpc) is 1.87. The normalized spacial score (nSPS) is 14.1. The Kier molecular flexibility index (Phi) is 5.64. The van der Waals surface area contributed by atoms with Crippen LogP contribution in [0.5, 0.6) is 0 Å².